The molecule has 0 saturated carbocycles. The van der Waals surface area contributed by atoms with Crippen molar-refractivity contribution >= 4 is 11.7 Å². The second-order valence-corrected chi connectivity index (χ2v) is 4.41. The van der Waals surface area contributed by atoms with E-state index in [0.29, 0.717) is 18.9 Å². The zero-order chi connectivity index (χ0) is 14.5. The van der Waals surface area contributed by atoms with Gasteiger partial charge in [-0.3, -0.25) is 4.79 Å². The summed E-state index contributed by atoms with van der Waals surface area (Å²) in [6, 6.07) is 3.69. The highest BCUT2D eigenvalue weighted by Gasteiger charge is 2.14. The number of imidazole rings is 1. The Morgan fingerprint density at radius 2 is 2.15 bits per heavy atom. The van der Waals surface area contributed by atoms with Crippen molar-refractivity contribution in [1.29, 1.82) is 0 Å². The molecule has 0 spiro atoms. The molecule has 0 aliphatic carbocycles. The van der Waals surface area contributed by atoms with E-state index >= 15 is 0 Å². The van der Waals surface area contributed by atoms with E-state index in [9.17, 15) is 4.79 Å². The molecule has 6 nitrogen and oxygen atoms in total. The molecule has 2 aromatic heterocycles. The summed E-state index contributed by atoms with van der Waals surface area (Å²) in [6.07, 6.45) is 4.98. The standard InChI is InChI=1S/C14H19N5O/c1-3-18(4-2)13(20)9-19-10-16-8-12(19)11-6-5-7-17-14(11)15/h5-8,10H,3-4,9H2,1-2H3,(H2,15,17). The third-order valence-electron chi connectivity index (χ3n) is 3.25. The molecule has 0 atom stereocenters. The first-order chi connectivity index (χ1) is 9.67. The lowest BCUT2D eigenvalue weighted by molar-refractivity contribution is -0.131. The number of nitrogen functional groups attached to an aromatic ring is 1. The number of nitrogens with two attached hydrogens (primary N) is 1. The average molecular weight is 273 g/mol. The molecule has 0 radical (unpaired) electrons. The Morgan fingerprint density at radius 1 is 1.40 bits per heavy atom. The molecule has 1 amide bonds. The van der Waals surface area contributed by atoms with E-state index in [2.05, 4.69) is 9.97 Å². The fourth-order valence-corrected chi connectivity index (χ4v) is 2.13. The lowest BCUT2D eigenvalue weighted by atomic mass is 10.2. The lowest BCUT2D eigenvalue weighted by Gasteiger charge is -2.19. The van der Waals surface area contributed by atoms with Crippen LogP contribution in [0.15, 0.2) is 30.9 Å². The van der Waals surface area contributed by atoms with E-state index < -0.39 is 0 Å². The van der Waals surface area contributed by atoms with Gasteiger partial charge < -0.3 is 15.2 Å². The molecule has 20 heavy (non-hydrogen) atoms. The predicted molar refractivity (Wildman–Crippen MR) is 77.8 cm³/mol. The van der Waals surface area contributed by atoms with Crippen molar-refractivity contribution in [2.45, 2.75) is 20.4 Å². The van der Waals surface area contributed by atoms with Gasteiger partial charge in [0.2, 0.25) is 5.91 Å². The number of carbonyl (C=O) groups excluding carboxylic acids is 1. The minimum atomic E-state index is 0.0664. The Kier molecular flexibility index (Phi) is 4.34. The normalized spacial score (nSPS) is 10.5. The van der Waals surface area contributed by atoms with Gasteiger partial charge in [-0.2, -0.15) is 0 Å². The summed E-state index contributed by atoms with van der Waals surface area (Å²) in [6.45, 7) is 5.60. The summed E-state index contributed by atoms with van der Waals surface area (Å²) in [5.74, 6) is 0.501. The van der Waals surface area contributed by atoms with E-state index in [1.165, 1.54) is 0 Å². The molecular formula is C14H19N5O. The Labute approximate surface area is 118 Å². The van der Waals surface area contributed by atoms with Gasteiger partial charge in [0.15, 0.2) is 0 Å². The first-order valence-electron chi connectivity index (χ1n) is 6.66. The quantitative estimate of drug-likeness (QED) is 0.893. The highest BCUT2D eigenvalue weighted by Crippen LogP contribution is 2.23. The van der Waals surface area contributed by atoms with Crippen LogP contribution in [0.4, 0.5) is 5.82 Å². The van der Waals surface area contributed by atoms with Crippen LogP contribution in [0.3, 0.4) is 0 Å². The van der Waals surface area contributed by atoms with Gasteiger partial charge in [0.25, 0.3) is 0 Å². The number of aromatic nitrogens is 3. The van der Waals surface area contributed by atoms with Gasteiger partial charge in [-0.1, -0.05) is 0 Å². The summed E-state index contributed by atoms with van der Waals surface area (Å²) in [7, 11) is 0. The SMILES string of the molecule is CCN(CC)C(=O)Cn1cncc1-c1cccnc1N. The Hall–Kier alpha value is -2.37. The molecule has 0 saturated heterocycles. The number of hydrogen-bond donors (Lipinski definition) is 1. The number of carbonyl (C=O) groups is 1. The number of hydrogen-bond acceptors (Lipinski definition) is 4. The van der Waals surface area contributed by atoms with Crippen LogP contribution in [0, 0.1) is 0 Å². The summed E-state index contributed by atoms with van der Waals surface area (Å²) in [4.78, 5) is 22.1. The van der Waals surface area contributed by atoms with Crippen LogP contribution >= 0.6 is 0 Å². The number of likely N-dealkylation sites (N-methyl/N-ethyl adjacent to an activating group) is 1. The number of rotatable bonds is 5. The Morgan fingerprint density at radius 3 is 2.80 bits per heavy atom. The van der Waals surface area contributed by atoms with Crippen molar-refractivity contribution in [2.75, 3.05) is 18.8 Å². The molecule has 0 aliphatic heterocycles. The van der Waals surface area contributed by atoms with E-state index in [0.717, 1.165) is 11.3 Å². The molecule has 106 valence electrons. The highest BCUT2D eigenvalue weighted by atomic mass is 16.2. The molecule has 0 fully saturated rings. The fourth-order valence-electron chi connectivity index (χ4n) is 2.13. The molecule has 0 bridgehead atoms. The molecular weight excluding hydrogens is 254 g/mol. The monoisotopic (exact) mass is 273 g/mol. The van der Waals surface area contributed by atoms with Crippen molar-refractivity contribution in [3.05, 3.63) is 30.9 Å². The van der Waals surface area contributed by atoms with Crippen molar-refractivity contribution in [3.8, 4) is 11.3 Å². The molecule has 0 unspecified atom stereocenters. The van der Waals surface area contributed by atoms with Gasteiger partial charge in [-0.15, -0.1) is 0 Å². The van der Waals surface area contributed by atoms with E-state index in [1.807, 2.05) is 26.0 Å². The van der Waals surface area contributed by atoms with Crippen molar-refractivity contribution in [2.24, 2.45) is 0 Å². The van der Waals surface area contributed by atoms with E-state index in [1.54, 1.807) is 28.2 Å². The Balaban J connectivity index is 2.26. The van der Waals surface area contributed by atoms with Crippen LogP contribution < -0.4 is 5.73 Å². The van der Waals surface area contributed by atoms with E-state index in [4.69, 9.17) is 5.73 Å². The molecule has 6 heteroatoms. The van der Waals surface area contributed by atoms with E-state index in [-0.39, 0.29) is 12.5 Å². The van der Waals surface area contributed by atoms with Crippen LogP contribution in [0.25, 0.3) is 11.3 Å². The van der Waals surface area contributed by atoms with Crippen molar-refractivity contribution in [1.82, 2.24) is 19.4 Å². The second-order valence-electron chi connectivity index (χ2n) is 4.41. The first-order valence-corrected chi connectivity index (χ1v) is 6.66. The third-order valence-corrected chi connectivity index (χ3v) is 3.25. The summed E-state index contributed by atoms with van der Waals surface area (Å²) < 4.78 is 1.80. The molecule has 2 heterocycles. The average Bonchev–Trinajstić information content (AvgIpc) is 2.88. The molecule has 2 aromatic rings. The second kappa shape index (κ2) is 6.18. The van der Waals surface area contributed by atoms with Crippen LogP contribution in [0.5, 0.6) is 0 Å². The third kappa shape index (κ3) is 2.79. The maximum atomic E-state index is 12.2. The summed E-state index contributed by atoms with van der Waals surface area (Å²) in [5, 5.41) is 0. The molecule has 0 aliphatic rings. The minimum Gasteiger partial charge on any atom is -0.383 e. The maximum Gasteiger partial charge on any atom is 0.242 e. The number of anilines is 1. The molecule has 2 rings (SSSR count). The zero-order valence-electron chi connectivity index (χ0n) is 11.8. The van der Waals surface area contributed by atoms with Crippen molar-refractivity contribution < 1.29 is 4.79 Å². The van der Waals surface area contributed by atoms with Crippen molar-refractivity contribution in [3.63, 3.8) is 0 Å². The topological polar surface area (TPSA) is 77.0 Å². The smallest absolute Gasteiger partial charge is 0.242 e. The van der Waals surface area contributed by atoms with Crippen LogP contribution in [-0.4, -0.2) is 38.4 Å². The fraction of sp³-hybridized carbons (Fsp3) is 0.357. The summed E-state index contributed by atoms with van der Waals surface area (Å²) in [5.41, 5.74) is 7.47. The van der Waals surface area contributed by atoms with Gasteiger partial charge in [0.05, 0.1) is 18.2 Å². The van der Waals surface area contributed by atoms with Gasteiger partial charge in [0.1, 0.15) is 12.4 Å². The van der Waals surface area contributed by atoms with Crippen LogP contribution in [0.1, 0.15) is 13.8 Å². The lowest BCUT2D eigenvalue weighted by Crippen LogP contribution is -2.33. The minimum absolute atomic E-state index is 0.0664. The molecule has 2 N–H and O–H groups in total. The van der Waals surface area contributed by atoms with Gasteiger partial charge in [0, 0.05) is 24.8 Å². The zero-order valence-corrected chi connectivity index (χ0v) is 11.8. The predicted octanol–water partition coefficient (Wildman–Crippen LogP) is 1.40. The Bertz CT molecular complexity index is 589. The largest absolute Gasteiger partial charge is 0.383 e. The number of amides is 1. The highest BCUT2D eigenvalue weighted by molar-refractivity contribution is 5.78. The van der Waals surface area contributed by atoms with Crippen LogP contribution in [-0.2, 0) is 11.3 Å². The summed E-state index contributed by atoms with van der Waals surface area (Å²) >= 11 is 0. The van der Waals surface area contributed by atoms with Crippen LogP contribution in [0.2, 0.25) is 0 Å². The van der Waals surface area contributed by atoms with Gasteiger partial charge in [-0.25, -0.2) is 9.97 Å². The van der Waals surface area contributed by atoms with Gasteiger partial charge in [-0.05, 0) is 26.0 Å². The molecule has 0 aromatic carbocycles. The van der Waals surface area contributed by atoms with Gasteiger partial charge >= 0.3 is 0 Å². The number of pyridine rings is 1. The first kappa shape index (κ1) is 14.0. The number of nitrogens with zero attached hydrogens (tertiary/aromatic N) is 4. The maximum absolute atomic E-state index is 12.2.